The van der Waals surface area contributed by atoms with Crippen molar-refractivity contribution in [2.75, 3.05) is 6.26 Å². The quantitative estimate of drug-likeness (QED) is 0.733. The summed E-state index contributed by atoms with van der Waals surface area (Å²) >= 11 is 2.77. The molecule has 0 unspecified atom stereocenters. The molecule has 0 amide bonds. The van der Waals surface area contributed by atoms with Gasteiger partial charge in [0, 0.05) is 10.3 Å². The molecule has 0 bridgehead atoms. The third kappa shape index (κ3) is 1.51. The van der Waals surface area contributed by atoms with Gasteiger partial charge in [0.1, 0.15) is 5.82 Å². The minimum absolute atomic E-state index is 0.232. The fourth-order valence-corrected chi connectivity index (χ4v) is 2.92. The largest absolute Gasteiger partial charge is 0.499 e. The van der Waals surface area contributed by atoms with Crippen molar-refractivity contribution >= 4 is 33.2 Å². The first-order chi connectivity index (χ1) is 6.20. The lowest BCUT2D eigenvalue weighted by Gasteiger charge is -1.97. The number of benzene rings is 1. The van der Waals surface area contributed by atoms with E-state index in [0.717, 1.165) is 15.0 Å². The first-order valence-electron chi connectivity index (χ1n) is 3.67. The summed E-state index contributed by atoms with van der Waals surface area (Å²) in [6.07, 6.45) is 1.89. The SMILES string of the molecule is CSc1cc(F)cc2cc(O)sc12. The van der Waals surface area contributed by atoms with Crippen molar-refractivity contribution in [3.63, 3.8) is 0 Å². The van der Waals surface area contributed by atoms with Gasteiger partial charge in [-0.25, -0.2) is 4.39 Å². The van der Waals surface area contributed by atoms with Crippen LogP contribution < -0.4 is 0 Å². The molecule has 68 valence electrons. The number of thiophene rings is 1. The molecule has 0 spiro atoms. The molecule has 0 aliphatic rings. The molecule has 2 rings (SSSR count). The molecule has 1 aromatic heterocycles. The van der Waals surface area contributed by atoms with Crippen molar-refractivity contribution in [3.8, 4) is 5.06 Å². The molecule has 2 aromatic rings. The molecule has 4 heteroatoms. The van der Waals surface area contributed by atoms with Crippen LogP contribution in [-0.2, 0) is 0 Å². The fraction of sp³-hybridized carbons (Fsp3) is 0.111. The lowest BCUT2D eigenvalue weighted by molar-refractivity contribution is 0.491. The number of aromatic hydroxyl groups is 1. The molecular weight excluding hydrogens is 207 g/mol. The minimum atomic E-state index is -0.255. The van der Waals surface area contributed by atoms with E-state index in [1.54, 1.807) is 6.07 Å². The normalized spacial score (nSPS) is 10.9. The van der Waals surface area contributed by atoms with Gasteiger partial charge in [-0.1, -0.05) is 11.3 Å². The van der Waals surface area contributed by atoms with E-state index in [2.05, 4.69) is 0 Å². The van der Waals surface area contributed by atoms with Crippen LogP contribution in [0.5, 0.6) is 5.06 Å². The number of fused-ring (bicyclic) bond motifs is 1. The van der Waals surface area contributed by atoms with Crippen molar-refractivity contribution in [1.29, 1.82) is 0 Å². The van der Waals surface area contributed by atoms with Crippen LogP contribution in [0.3, 0.4) is 0 Å². The van der Waals surface area contributed by atoms with Crippen molar-refractivity contribution in [2.24, 2.45) is 0 Å². The molecule has 0 atom stereocenters. The standard InChI is InChI=1S/C9H7FOS2/c1-12-7-4-6(10)2-5-3-8(11)13-9(5)7/h2-4,11H,1H3. The molecule has 0 aliphatic carbocycles. The lowest BCUT2D eigenvalue weighted by Crippen LogP contribution is -1.75. The Kier molecular flexibility index (Phi) is 2.17. The van der Waals surface area contributed by atoms with E-state index in [-0.39, 0.29) is 10.9 Å². The van der Waals surface area contributed by atoms with Gasteiger partial charge in [0.25, 0.3) is 0 Å². The second-order valence-corrected chi connectivity index (χ2v) is 4.49. The minimum Gasteiger partial charge on any atom is -0.499 e. The second-order valence-electron chi connectivity index (χ2n) is 2.61. The van der Waals surface area contributed by atoms with Crippen LogP contribution in [0.1, 0.15) is 0 Å². The molecule has 1 nitrogen and oxygen atoms in total. The van der Waals surface area contributed by atoms with E-state index in [1.807, 2.05) is 6.26 Å². The van der Waals surface area contributed by atoms with Gasteiger partial charge < -0.3 is 5.11 Å². The highest BCUT2D eigenvalue weighted by Gasteiger charge is 2.07. The summed E-state index contributed by atoms with van der Waals surface area (Å²) in [6, 6.07) is 4.51. The van der Waals surface area contributed by atoms with Crippen LogP contribution in [0.25, 0.3) is 10.1 Å². The van der Waals surface area contributed by atoms with Crippen LogP contribution in [-0.4, -0.2) is 11.4 Å². The van der Waals surface area contributed by atoms with Crippen molar-refractivity contribution in [3.05, 3.63) is 24.0 Å². The Morgan fingerprint density at radius 1 is 1.38 bits per heavy atom. The van der Waals surface area contributed by atoms with Crippen molar-refractivity contribution < 1.29 is 9.50 Å². The first-order valence-corrected chi connectivity index (χ1v) is 5.71. The highest BCUT2D eigenvalue weighted by atomic mass is 32.2. The van der Waals surface area contributed by atoms with E-state index in [4.69, 9.17) is 0 Å². The predicted octanol–water partition coefficient (Wildman–Crippen LogP) is 3.47. The smallest absolute Gasteiger partial charge is 0.172 e. The third-order valence-electron chi connectivity index (χ3n) is 1.75. The molecule has 0 saturated heterocycles. The Bertz CT molecular complexity index is 450. The maximum atomic E-state index is 13.0. The van der Waals surface area contributed by atoms with Crippen LogP contribution in [0.2, 0.25) is 0 Å². The number of rotatable bonds is 1. The topological polar surface area (TPSA) is 20.2 Å². The average molecular weight is 214 g/mol. The van der Waals surface area contributed by atoms with Crippen LogP contribution in [0.4, 0.5) is 4.39 Å². The van der Waals surface area contributed by atoms with Crippen LogP contribution in [0.15, 0.2) is 23.1 Å². The second kappa shape index (κ2) is 3.20. The number of hydrogen-bond donors (Lipinski definition) is 1. The Morgan fingerprint density at radius 2 is 2.15 bits per heavy atom. The molecule has 1 N–H and O–H groups in total. The maximum absolute atomic E-state index is 13.0. The van der Waals surface area contributed by atoms with Crippen molar-refractivity contribution in [1.82, 2.24) is 0 Å². The lowest BCUT2D eigenvalue weighted by atomic mass is 10.2. The first kappa shape index (κ1) is 8.84. The molecule has 0 fully saturated rings. The summed E-state index contributed by atoms with van der Waals surface area (Å²) in [6.45, 7) is 0. The van der Waals surface area contributed by atoms with Gasteiger partial charge in [0.15, 0.2) is 5.06 Å². The summed E-state index contributed by atoms with van der Waals surface area (Å²) < 4.78 is 14.0. The number of hydrogen-bond acceptors (Lipinski definition) is 3. The zero-order chi connectivity index (χ0) is 9.42. The van der Waals surface area contributed by atoms with Gasteiger partial charge in [0.05, 0.1) is 4.70 Å². The summed E-state index contributed by atoms with van der Waals surface area (Å²) in [5.74, 6) is -0.255. The van der Waals surface area contributed by atoms with Gasteiger partial charge in [0.2, 0.25) is 0 Å². The average Bonchev–Trinajstić information content (AvgIpc) is 2.43. The fourth-order valence-electron chi connectivity index (χ4n) is 1.22. The van der Waals surface area contributed by atoms with Gasteiger partial charge in [-0.2, -0.15) is 0 Å². The number of halogens is 1. The maximum Gasteiger partial charge on any atom is 0.172 e. The highest BCUT2D eigenvalue weighted by molar-refractivity contribution is 7.99. The van der Waals surface area contributed by atoms with Gasteiger partial charge in [-0.15, -0.1) is 11.8 Å². The molecule has 0 saturated carbocycles. The Hall–Kier alpha value is -0.740. The molecular formula is C9H7FOS2. The summed E-state index contributed by atoms with van der Waals surface area (Å²) in [5, 5.41) is 10.3. The highest BCUT2D eigenvalue weighted by Crippen LogP contribution is 2.37. The van der Waals surface area contributed by atoms with Gasteiger partial charge >= 0.3 is 0 Å². The summed E-state index contributed by atoms with van der Waals surface area (Å²) in [4.78, 5) is 0.875. The van der Waals surface area contributed by atoms with E-state index in [0.29, 0.717) is 0 Å². The molecule has 1 heterocycles. The van der Waals surface area contributed by atoms with Crippen LogP contribution >= 0.6 is 23.1 Å². The van der Waals surface area contributed by atoms with E-state index in [1.165, 1.54) is 35.2 Å². The van der Waals surface area contributed by atoms with E-state index in [9.17, 15) is 9.50 Å². The molecule has 0 radical (unpaired) electrons. The Labute approximate surface area is 83.2 Å². The van der Waals surface area contributed by atoms with Gasteiger partial charge in [-0.05, 0) is 24.5 Å². The molecule has 13 heavy (non-hydrogen) atoms. The summed E-state index contributed by atoms with van der Waals surface area (Å²) in [5.41, 5.74) is 0. The molecule has 1 aromatic carbocycles. The third-order valence-corrected chi connectivity index (χ3v) is 3.63. The number of thioether (sulfide) groups is 1. The Morgan fingerprint density at radius 3 is 2.85 bits per heavy atom. The van der Waals surface area contributed by atoms with E-state index >= 15 is 0 Å². The van der Waals surface area contributed by atoms with Crippen LogP contribution in [0, 0.1) is 5.82 Å². The summed E-state index contributed by atoms with van der Waals surface area (Å²) in [7, 11) is 0. The Balaban J connectivity index is 2.80. The zero-order valence-corrected chi connectivity index (χ0v) is 8.51. The molecule has 0 aliphatic heterocycles. The van der Waals surface area contributed by atoms with E-state index < -0.39 is 0 Å². The monoisotopic (exact) mass is 214 g/mol. The van der Waals surface area contributed by atoms with Crippen molar-refractivity contribution in [2.45, 2.75) is 4.90 Å². The zero-order valence-electron chi connectivity index (χ0n) is 6.87. The predicted molar refractivity (Wildman–Crippen MR) is 55.2 cm³/mol. The van der Waals surface area contributed by atoms with Gasteiger partial charge in [-0.3, -0.25) is 0 Å².